The van der Waals surface area contributed by atoms with Crippen LogP contribution < -0.4 is 0 Å². The van der Waals surface area contributed by atoms with Crippen LogP contribution in [0.25, 0.3) is 0 Å². The van der Waals surface area contributed by atoms with Crippen LogP contribution in [0.2, 0.25) is 0 Å². The summed E-state index contributed by atoms with van der Waals surface area (Å²) in [5, 5.41) is 141. The number of aliphatic hydroxyl groups excluding tert-OH is 13. The second-order valence-electron chi connectivity index (χ2n) is 23.1. The van der Waals surface area contributed by atoms with Crippen molar-refractivity contribution in [2.75, 3.05) is 33.5 Å². The van der Waals surface area contributed by atoms with Gasteiger partial charge in [0.1, 0.15) is 67.1 Å². The van der Waals surface area contributed by atoms with Gasteiger partial charge in [-0.25, -0.2) is 0 Å². The van der Waals surface area contributed by atoms with Gasteiger partial charge in [-0.15, -0.1) is 0 Å². The number of fused-ring (bicyclic) bond motifs is 7. The Morgan fingerprint density at radius 1 is 0.671 bits per heavy atom. The van der Waals surface area contributed by atoms with Gasteiger partial charge in [-0.2, -0.15) is 0 Å². The maximum atomic E-state index is 14.8. The first-order valence-corrected chi connectivity index (χ1v) is 24.7. The zero-order valence-electron chi connectivity index (χ0n) is 40.6. The van der Waals surface area contributed by atoms with E-state index in [0.717, 1.165) is 5.57 Å². The molecular weight excluding hydrogens is 929 g/mol. The van der Waals surface area contributed by atoms with Crippen LogP contribution in [0.4, 0.5) is 0 Å². The minimum atomic E-state index is -1.84. The number of hydrogen-bond donors (Lipinski definition) is 13. The Labute approximate surface area is 406 Å². The molecule has 0 radical (unpaired) electrons. The Kier molecular flexibility index (Phi) is 14.9. The first kappa shape index (κ1) is 54.2. The van der Waals surface area contributed by atoms with Gasteiger partial charge in [-0.3, -0.25) is 9.59 Å². The van der Waals surface area contributed by atoms with E-state index in [-0.39, 0.29) is 32.1 Å². The summed E-state index contributed by atoms with van der Waals surface area (Å²) >= 11 is 0. The van der Waals surface area contributed by atoms with Crippen molar-refractivity contribution in [2.45, 2.75) is 190 Å². The molecule has 22 nitrogen and oxygen atoms in total. The Morgan fingerprint density at radius 3 is 1.86 bits per heavy atom. The number of rotatable bonds is 10. The van der Waals surface area contributed by atoms with Crippen molar-refractivity contribution in [3.63, 3.8) is 0 Å². The lowest BCUT2D eigenvalue weighted by molar-refractivity contribution is -0.358. The smallest absolute Gasteiger partial charge is 0.315 e. The van der Waals surface area contributed by atoms with Gasteiger partial charge in [0.2, 0.25) is 6.29 Å². The Morgan fingerprint density at radius 2 is 1.26 bits per heavy atom. The molecule has 4 saturated carbocycles. The van der Waals surface area contributed by atoms with E-state index in [1.54, 1.807) is 19.9 Å². The summed E-state index contributed by atoms with van der Waals surface area (Å²) in [5.41, 5.74) is -5.14. The van der Waals surface area contributed by atoms with E-state index in [1.165, 1.54) is 7.11 Å². The maximum absolute atomic E-state index is 14.8. The lowest BCUT2D eigenvalue weighted by Gasteiger charge is -2.72. The highest BCUT2D eigenvalue weighted by molar-refractivity contribution is 5.81. The van der Waals surface area contributed by atoms with Gasteiger partial charge in [-0.1, -0.05) is 39.3 Å². The third-order valence-corrected chi connectivity index (χ3v) is 19.4. The van der Waals surface area contributed by atoms with Crippen molar-refractivity contribution < 1.29 is 109 Å². The van der Waals surface area contributed by atoms with Gasteiger partial charge in [0.15, 0.2) is 12.6 Å². The quantitative estimate of drug-likeness (QED) is 0.0584. The van der Waals surface area contributed by atoms with E-state index in [4.69, 9.17) is 33.2 Å². The van der Waals surface area contributed by atoms with Crippen LogP contribution >= 0.6 is 0 Å². The average Bonchev–Trinajstić information content (AvgIpc) is 3.32. The zero-order valence-corrected chi connectivity index (χ0v) is 40.6. The van der Waals surface area contributed by atoms with Crippen LogP contribution in [0, 0.1) is 50.2 Å². The van der Waals surface area contributed by atoms with Crippen molar-refractivity contribution in [2.24, 2.45) is 50.2 Å². The van der Waals surface area contributed by atoms with E-state index >= 15 is 0 Å². The summed E-state index contributed by atoms with van der Waals surface area (Å²) in [6.07, 6.45) is -22.5. The molecule has 0 bridgehead atoms. The normalized spacial score (nSPS) is 54.6. The van der Waals surface area contributed by atoms with E-state index in [9.17, 15) is 76.0 Å². The molecule has 7 fully saturated rings. The molecule has 5 aliphatic carbocycles. The number of esters is 2. The summed E-state index contributed by atoms with van der Waals surface area (Å²) in [7, 11) is 1.30. The molecule has 400 valence electrons. The third kappa shape index (κ3) is 8.14. The monoisotopic (exact) mass is 1000 g/mol. The van der Waals surface area contributed by atoms with Gasteiger partial charge in [0.05, 0.1) is 62.7 Å². The van der Waals surface area contributed by atoms with Crippen LogP contribution in [0.1, 0.15) is 86.0 Å². The largest absolute Gasteiger partial charge is 0.469 e. The summed E-state index contributed by atoms with van der Waals surface area (Å²) in [6, 6.07) is 0. The molecule has 0 aromatic carbocycles. The standard InChI is InChI=1S/C48H76O22/c1-43(41(62)64-6)9-11-48(42(63)70-40-35(61)32(58)29(55)25(17-50)67-40)12-10-46(4)20(21(48)14-43)13-22(52)36-44(2)15-23(53)37(45(3,19-51)27(44)7-8-47(36,46)5)69-38-33(59)30(56)26(18-65-38)68-39-34(60)31(57)28(54)24(16-49)66-39/h13,21-40,49-61H,7-12,14-19H2,1-6H3. The van der Waals surface area contributed by atoms with Crippen molar-refractivity contribution in [3.05, 3.63) is 11.6 Å². The lowest BCUT2D eigenvalue weighted by Crippen LogP contribution is -2.71. The first-order chi connectivity index (χ1) is 32.8. The highest BCUT2D eigenvalue weighted by Gasteiger charge is 2.73. The lowest BCUT2D eigenvalue weighted by atomic mass is 9.33. The summed E-state index contributed by atoms with van der Waals surface area (Å²) in [4.78, 5) is 28.3. The molecule has 0 spiro atoms. The van der Waals surface area contributed by atoms with Gasteiger partial charge >= 0.3 is 11.9 Å². The SMILES string of the molecule is COC(=O)C1(C)CCC2(C(=O)OC3OC(CO)C(O)C(O)C3O)CCC3(C)C(=CC(O)C4C5(C)CC(O)C(OC6OCC(OC7OC(CO)C(O)C(O)C7O)C(O)C6O)C(C)(CO)C5CCC43C)C2C1. The molecular formula is C48H76O22. The van der Waals surface area contributed by atoms with E-state index in [1.807, 2.05) is 6.92 Å². The molecule has 70 heavy (non-hydrogen) atoms. The first-order valence-electron chi connectivity index (χ1n) is 24.7. The number of carbonyl (C=O) groups excluding carboxylic acids is 2. The maximum Gasteiger partial charge on any atom is 0.315 e. The Balaban J connectivity index is 1.06. The van der Waals surface area contributed by atoms with Crippen LogP contribution in [-0.4, -0.2) is 216 Å². The van der Waals surface area contributed by atoms with Crippen molar-refractivity contribution in [1.29, 1.82) is 0 Å². The predicted octanol–water partition coefficient (Wildman–Crippen LogP) is -3.15. The number of methoxy groups -OCH3 is 1. The van der Waals surface area contributed by atoms with Gasteiger partial charge in [0, 0.05) is 11.3 Å². The minimum Gasteiger partial charge on any atom is -0.469 e. The van der Waals surface area contributed by atoms with Crippen molar-refractivity contribution in [3.8, 4) is 0 Å². The topological polar surface area (TPSA) is 362 Å². The number of ether oxygens (including phenoxy) is 7. The molecule has 0 aromatic rings. The molecule has 26 unspecified atom stereocenters. The van der Waals surface area contributed by atoms with Gasteiger partial charge in [0.25, 0.3) is 0 Å². The molecule has 26 atom stereocenters. The second kappa shape index (κ2) is 19.3. The van der Waals surface area contributed by atoms with Crippen molar-refractivity contribution >= 4 is 11.9 Å². The van der Waals surface area contributed by atoms with Crippen LogP contribution in [-0.2, 0) is 42.7 Å². The van der Waals surface area contributed by atoms with Crippen molar-refractivity contribution in [1.82, 2.24) is 0 Å². The molecule has 3 saturated heterocycles. The zero-order chi connectivity index (χ0) is 51.4. The number of allylic oxidation sites excluding steroid dienone is 1. The fourth-order valence-electron chi connectivity index (χ4n) is 15.2. The highest BCUT2D eigenvalue weighted by Crippen LogP contribution is 2.76. The predicted molar refractivity (Wildman–Crippen MR) is 235 cm³/mol. The minimum absolute atomic E-state index is 0.0713. The van der Waals surface area contributed by atoms with Gasteiger partial charge in [-0.05, 0) is 86.4 Å². The Hall–Kier alpha value is -2.04. The number of carbonyl (C=O) groups is 2. The molecule has 8 rings (SSSR count). The van der Waals surface area contributed by atoms with Crippen LogP contribution in [0.15, 0.2) is 11.6 Å². The van der Waals surface area contributed by atoms with Gasteiger partial charge < -0.3 is 99.5 Å². The van der Waals surface area contributed by atoms with E-state index < -0.39 is 193 Å². The summed E-state index contributed by atoms with van der Waals surface area (Å²) in [6.45, 7) is 7.40. The second-order valence-corrected chi connectivity index (χ2v) is 23.1. The molecule has 13 N–H and O–H groups in total. The molecule has 8 aliphatic rings. The van der Waals surface area contributed by atoms with Crippen LogP contribution in [0.3, 0.4) is 0 Å². The highest BCUT2D eigenvalue weighted by atomic mass is 16.7. The fourth-order valence-corrected chi connectivity index (χ4v) is 15.2. The number of hydrogen-bond acceptors (Lipinski definition) is 22. The Bertz CT molecular complexity index is 1960. The summed E-state index contributed by atoms with van der Waals surface area (Å²) < 4.78 is 40.1. The molecule has 3 heterocycles. The summed E-state index contributed by atoms with van der Waals surface area (Å²) in [5.74, 6) is -2.88. The number of aliphatic hydroxyl groups is 13. The average molecular weight is 1010 g/mol. The molecule has 0 aromatic heterocycles. The van der Waals surface area contributed by atoms with E-state index in [2.05, 4.69) is 13.8 Å². The molecule has 0 amide bonds. The van der Waals surface area contributed by atoms with Crippen LogP contribution in [0.5, 0.6) is 0 Å². The molecule has 22 heteroatoms. The van der Waals surface area contributed by atoms with E-state index in [0.29, 0.717) is 19.3 Å². The molecule has 3 aliphatic heterocycles. The fraction of sp³-hybridized carbons (Fsp3) is 0.917. The third-order valence-electron chi connectivity index (χ3n) is 19.4.